The van der Waals surface area contributed by atoms with E-state index in [1.165, 1.54) is 13.2 Å². The van der Waals surface area contributed by atoms with Crippen LogP contribution in [0.25, 0.3) is 0 Å². The second-order valence-corrected chi connectivity index (χ2v) is 8.22. The van der Waals surface area contributed by atoms with Gasteiger partial charge in [0.25, 0.3) is 0 Å². The van der Waals surface area contributed by atoms with Crippen LogP contribution in [0, 0.1) is 11.3 Å². The van der Waals surface area contributed by atoms with Crippen LogP contribution in [0.4, 0.5) is 8.78 Å². The van der Waals surface area contributed by atoms with Gasteiger partial charge in [-0.25, -0.2) is 0 Å². The standard InChI is InChI=1S/C21H33F2N3O3.HI/c1-21(2,3)18-14(7-6-10-28-18)12-25-20(24-4)26-13-15-11-16(27-5)8-9-17(15)29-19(22)23;/h8-9,11,14,18-19H,6-7,10,12-13H2,1-5H3,(H2,24,25,26);1H. The summed E-state index contributed by atoms with van der Waals surface area (Å²) in [6, 6.07) is 4.73. The van der Waals surface area contributed by atoms with Gasteiger partial charge in [-0.1, -0.05) is 20.8 Å². The molecule has 172 valence electrons. The molecule has 0 spiro atoms. The minimum Gasteiger partial charge on any atom is -0.497 e. The monoisotopic (exact) mass is 541 g/mol. The number of hydrogen-bond donors (Lipinski definition) is 2. The fraction of sp³-hybridized carbons (Fsp3) is 0.667. The van der Waals surface area contributed by atoms with Crippen LogP contribution >= 0.6 is 24.0 Å². The highest BCUT2D eigenvalue weighted by Gasteiger charge is 2.35. The van der Waals surface area contributed by atoms with Crippen molar-refractivity contribution in [1.82, 2.24) is 10.6 Å². The van der Waals surface area contributed by atoms with Crippen molar-refractivity contribution in [2.24, 2.45) is 16.3 Å². The molecule has 0 aromatic heterocycles. The smallest absolute Gasteiger partial charge is 0.387 e. The van der Waals surface area contributed by atoms with Crippen LogP contribution in [0.15, 0.2) is 23.2 Å². The molecule has 2 rings (SSSR count). The van der Waals surface area contributed by atoms with E-state index < -0.39 is 6.61 Å². The van der Waals surface area contributed by atoms with Crippen LogP contribution in [0.2, 0.25) is 0 Å². The second kappa shape index (κ2) is 12.5. The fourth-order valence-corrected chi connectivity index (χ4v) is 3.67. The van der Waals surface area contributed by atoms with Gasteiger partial charge in [-0.05, 0) is 36.5 Å². The summed E-state index contributed by atoms with van der Waals surface area (Å²) < 4.78 is 41.2. The van der Waals surface area contributed by atoms with Gasteiger partial charge in [-0.3, -0.25) is 4.99 Å². The van der Waals surface area contributed by atoms with Crippen LogP contribution in [0.5, 0.6) is 11.5 Å². The summed E-state index contributed by atoms with van der Waals surface area (Å²) >= 11 is 0. The van der Waals surface area contributed by atoms with E-state index in [1.54, 1.807) is 19.2 Å². The number of methoxy groups -OCH3 is 1. The number of ether oxygens (including phenoxy) is 3. The molecule has 1 saturated heterocycles. The van der Waals surface area contributed by atoms with Crippen LogP contribution in [0.3, 0.4) is 0 Å². The normalized spacial score (nSPS) is 19.8. The lowest BCUT2D eigenvalue weighted by atomic mass is 9.78. The van der Waals surface area contributed by atoms with E-state index in [4.69, 9.17) is 9.47 Å². The Hall–Kier alpha value is -1.36. The van der Waals surface area contributed by atoms with Crippen LogP contribution < -0.4 is 20.1 Å². The average molecular weight is 541 g/mol. The zero-order valence-electron chi connectivity index (χ0n) is 18.3. The summed E-state index contributed by atoms with van der Waals surface area (Å²) in [6.45, 7) is 5.47. The Labute approximate surface area is 195 Å². The van der Waals surface area contributed by atoms with Gasteiger partial charge >= 0.3 is 6.61 Å². The lowest BCUT2D eigenvalue weighted by Gasteiger charge is -2.40. The maximum Gasteiger partial charge on any atom is 0.387 e. The molecule has 30 heavy (non-hydrogen) atoms. The number of alkyl halides is 2. The number of hydrogen-bond acceptors (Lipinski definition) is 4. The van der Waals surface area contributed by atoms with Crippen LogP contribution in [-0.4, -0.2) is 46.0 Å². The molecule has 1 fully saturated rings. The number of aliphatic imine (C=N–C) groups is 1. The molecular formula is C21H34F2IN3O3. The summed E-state index contributed by atoms with van der Waals surface area (Å²) in [5.74, 6) is 1.64. The predicted molar refractivity (Wildman–Crippen MR) is 125 cm³/mol. The lowest BCUT2D eigenvalue weighted by molar-refractivity contribution is -0.0835. The maximum absolute atomic E-state index is 12.7. The van der Waals surface area contributed by atoms with E-state index >= 15 is 0 Å². The summed E-state index contributed by atoms with van der Waals surface area (Å²) in [6.07, 6.45) is 2.31. The van der Waals surface area contributed by atoms with Crippen molar-refractivity contribution in [3.8, 4) is 11.5 Å². The first-order valence-corrected chi connectivity index (χ1v) is 9.92. The molecular weight excluding hydrogens is 507 g/mol. The zero-order chi connectivity index (χ0) is 21.4. The van der Waals surface area contributed by atoms with Gasteiger partial charge in [0.2, 0.25) is 0 Å². The highest BCUT2D eigenvalue weighted by Crippen LogP contribution is 2.33. The Morgan fingerprint density at radius 1 is 1.30 bits per heavy atom. The number of benzene rings is 1. The minimum atomic E-state index is -2.89. The van der Waals surface area contributed by atoms with Crippen molar-refractivity contribution in [3.63, 3.8) is 0 Å². The fourth-order valence-electron chi connectivity index (χ4n) is 3.67. The highest BCUT2D eigenvalue weighted by molar-refractivity contribution is 14.0. The second-order valence-electron chi connectivity index (χ2n) is 8.22. The van der Waals surface area contributed by atoms with Crippen molar-refractivity contribution < 1.29 is 23.0 Å². The van der Waals surface area contributed by atoms with E-state index in [9.17, 15) is 8.78 Å². The predicted octanol–water partition coefficient (Wildman–Crippen LogP) is 4.42. The Kier molecular flexibility index (Phi) is 11.1. The molecule has 1 aliphatic heterocycles. The minimum absolute atomic E-state index is 0. The van der Waals surface area contributed by atoms with Gasteiger partial charge < -0.3 is 24.8 Å². The van der Waals surface area contributed by atoms with Gasteiger partial charge in [-0.2, -0.15) is 8.78 Å². The maximum atomic E-state index is 12.7. The Balaban J connectivity index is 0.00000450. The van der Waals surface area contributed by atoms with Crippen molar-refractivity contribution in [1.29, 1.82) is 0 Å². The quantitative estimate of drug-likeness (QED) is 0.304. The van der Waals surface area contributed by atoms with E-state index in [0.29, 0.717) is 23.2 Å². The van der Waals surface area contributed by atoms with Crippen LogP contribution in [-0.2, 0) is 11.3 Å². The first-order valence-electron chi connectivity index (χ1n) is 9.92. The van der Waals surface area contributed by atoms with Crippen molar-refractivity contribution in [2.75, 3.05) is 27.3 Å². The molecule has 2 atom stereocenters. The molecule has 0 saturated carbocycles. The summed E-state index contributed by atoms with van der Waals surface area (Å²) in [5, 5.41) is 6.50. The van der Waals surface area contributed by atoms with Gasteiger partial charge in [0.05, 0.1) is 13.2 Å². The van der Waals surface area contributed by atoms with Crippen molar-refractivity contribution in [3.05, 3.63) is 23.8 Å². The van der Waals surface area contributed by atoms with E-state index in [-0.39, 0.29) is 47.8 Å². The Morgan fingerprint density at radius 3 is 2.63 bits per heavy atom. The SMILES string of the molecule is CN=C(NCc1cc(OC)ccc1OC(F)F)NCC1CCCOC1C(C)(C)C.I. The van der Waals surface area contributed by atoms with Crippen LogP contribution in [0.1, 0.15) is 39.2 Å². The first-order chi connectivity index (χ1) is 13.7. The number of halogens is 3. The molecule has 2 N–H and O–H groups in total. The topological polar surface area (TPSA) is 64.1 Å². The highest BCUT2D eigenvalue weighted by atomic mass is 127. The summed E-state index contributed by atoms with van der Waals surface area (Å²) in [7, 11) is 3.20. The molecule has 2 unspecified atom stereocenters. The van der Waals surface area contributed by atoms with Gasteiger partial charge in [0, 0.05) is 38.2 Å². The molecule has 1 aromatic rings. The third-order valence-electron chi connectivity index (χ3n) is 4.98. The molecule has 1 aliphatic rings. The molecule has 9 heteroatoms. The van der Waals surface area contributed by atoms with Gasteiger partial charge in [-0.15, -0.1) is 24.0 Å². The molecule has 0 aliphatic carbocycles. The van der Waals surface area contributed by atoms with Crippen molar-refractivity contribution in [2.45, 2.75) is 52.9 Å². The first kappa shape index (κ1) is 26.7. The largest absolute Gasteiger partial charge is 0.497 e. The lowest BCUT2D eigenvalue weighted by Crippen LogP contribution is -2.47. The summed E-state index contributed by atoms with van der Waals surface area (Å²) in [5.41, 5.74) is 0.618. The number of nitrogens with zero attached hydrogens (tertiary/aromatic N) is 1. The van der Waals surface area contributed by atoms with E-state index in [1.807, 2.05) is 0 Å². The van der Waals surface area contributed by atoms with E-state index in [2.05, 4.69) is 41.1 Å². The average Bonchev–Trinajstić information content (AvgIpc) is 2.68. The molecule has 1 heterocycles. The Bertz CT molecular complexity index is 684. The van der Waals surface area contributed by atoms with Crippen molar-refractivity contribution >= 4 is 29.9 Å². The molecule has 1 aromatic carbocycles. The zero-order valence-corrected chi connectivity index (χ0v) is 20.7. The molecule has 6 nitrogen and oxygen atoms in total. The number of rotatable bonds is 7. The Morgan fingerprint density at radius 2 is 2.03 bits per heavy atom. The van der Waals surface area contributed by atoms with Gasteiger partial charge in [0.15, 0.2) is 5.96 Å². The third-order valence-corrected chi connectivity index (χ3v) is 4.98. The van der Waals surface area contributed by atoms with E-state index in [0.717, 1.165) is 26.0 Å². The van der Waals surface area contributed by atoms with Gasteiger partial charge in [0.1, 0.15) is 11.5 Å². The molecule has 0 amide bonds. The third kappa shape index (κ3) is 8.05. The summed E-state index contributed by atoms with van der Waals surface area (Å²) in [4.78, 5) is 4.24. The number of nitrogens with one attached hydrogen (secondary N) is 2. The number of guanidine groups is 1. The molecule has 0 radical (unpaired) electrons. The molecule has 0 bridgehead atoms.